The minimum absolute atomic E-state index is 0.0240. The van der Waals surface area contributed by atoms with Crippen LogP contribution < -0.4 is 5.32 Å². The first kappa shape index (κ1) is 14.0. The molecule has 2 amide bonds. The fraction of sp³-hybridized carbons (Fsp3) is 0.846. The third-order valence-corrected chi connectivity index (χ3v) is 3.58. The smallest absolute Gasteiger partial charge is 0.245 e. The lowest BCUT2D eigenvalue weighted by Gasteiger charge is -2.30. The SMILES string of the molecule is CCC(C)CC(C)N1CCC(=O)NC(C)C1=O. The third kappa shape index (κ3) is 3.72. The first-order valence-electron chi connectivity index (χ1n) is 6.55. The second-order valence-corrected chi connectivity index (χ2v) is 5.17. The summed E-state index contributed by atoms with van der Waals surface area (Å²) in [7, 11) is 0. The molecule has 0 bridgehead atoms. The van der Waals surface area contributed by atoms with Crippen LogP contribution in [0, 0.1) is 5.92 Å². The van der Waals surface area contributed by atoms with Gasteiger partial charge in [-0.1, -0.05) is 20.3 Å². The van der Waals surface area contributed by atoms with Gasteiger partial charge in [-0.25, -0.2) is 0 Å². The minimum atomic E-state index is -0.385. The van der Waals surface area contributed by atoms with Crippen LogP contribution in [0.1, 0.15) is 47.0 Å². The number of amides is 2. The molecule has 1 heterocycles. The van der Waals surface area contributed by atoms with Crippen molar-refractivity contribution in [3.63, 3.8) is 0 Å². The highest BCUT2D eigenvalue weighted by molar-refractivity contribution is 5.89. The molecular weight excluding hydrogens is 216 g/mol. The molecule has 3 atom stereocenters. The quantitative estimate of drug-likeness (QED) is 0.810. The lowest BCUT2D eigenvalue weighted by molar-refractivity contribution is -0.135. The Morgan fingerprint density at radius 2 is 2.06 bits per heavy atom. The summed E-state index contributed by atoms with van der Waals surface area (Å²) < 4.78 is 0. The molecule has 1 aliphatic heterocycles. The molecule has 0 aliphatic carbocycles. The van der Waals surface area contributed by atoms with Gasteiger partial charge in [-0.15, -0.1) is 0 Å². The fourth-order valence-corrected chi connectivity index (χ4v) is 2.27. The van der Waals surface area contributed by atoms with E-state index in [-0.39, 0.29) is 23.9 Å². The molecule has 4 nitrogen and oxygen atoms in total. The highest BCUT2D eigenvalue weighted by Gasteiger charge is 2.29. The van der Waals surface area contributed by atoms with Gasteiger partial charge in [0.2, 0.25) is 11.8 Å². The van der Waals surface area contributed by atoms with Crippen LogP contribution in [-0.4, -0.2) is 35.3 Å². The highest BCUT2D eigenvalue weighted by atomic mass is 16.2. The second-order valence-electron chi connectivity index (χ2n) is 5.17. The Labute approximate surface area is 104 Å². The fourth-order valence-electron chi connectivity index (χ4n) is 2.27. The Kier molecular flexibility index (Phi) is 4.97. The number of nitrogens with zero attached hydrogens (tertiary/aromatic N) is 1. The zero-order valence-corrected chi connectivity index (χ0v) is 11.3. The van der Waals surface area contributed by atoms with E-state index >= 15 is 0 Å². The monoisotopic (exact) mass is 240 g/mol. The molecule has 98 valence electrons. The maximum absolute atomic E-state index is 12.1. The Morgan fingerprint density at radius 3 is 2.65 bits per heavy atom. The van der Waals surface area contributed by atoms with Crippen LogP contribution in [0.25, 0.3) is 0 Å². The maximum Gasteiger partial charge on any atom is 0.245 e. The van der Waals surface area contributed by atoms with Crippen molar-refractivity contribution in [1.29, 1.82) is 0 Å². The molecule has 0 aromatic carbocycles. The minimum Gasteiger partial charge on any atom is -0.345 e. The Morgan fingerprint density at radius 1 is 1.41 bits per heavy atom. The van der Waals surface area contributed by atoms with Crippen LogP contribution in [-0.2, 0) is 9.59 Å². The molecule has 0 spiro atoms. The Hall–Kier alpha value is -1.06. The molecule has 1 aliphatic rings. The van der Waals surface area contributed by atoms with Gasteiger partial charge in [-0.3, -0.25) is 9.59 Å². The van der Waals surface area contributed by atoms with Gasteiger partial charge in [0.15, 0.2) is 0 Å². The normalized spacial score (nSPS) is 25.2. The van der Waals surface area contributed by atoms with Crippen molar-refractivity contribution < 1.29 is 9.59 Å². The highest BCUT2D eigenvalue weighted by Crippen LogP contribution is 2.17. The van der Waals surface area contributed by atoms with Crippen molar-refractivity contribution in [3.05, 3.63) is 0 Å². The molecule has 1 rings (SSSR count). The number of carbonyl (C=O) groups excluding carboxylic acids is 2. The van der Waals surface area contributed by atoms with E-state index in [0.29, 0.717) is 18.9 Å². The zero-order valence-electron chi connectivity index (χ0n) is 11.3. The molecule has 17 heavy (non-hydrogen) atoms. The number of carbonyl (C=O) groups is 2. The van der Waals surface area contributed by atoms with E-state index in [1.165, 1.54) is 0 Å². The predicted octanol–water partition coefficient (Wildman–Crippen LogP) is 1.55. The van der Waals surface area contributed by atoms with Crippen LogP contribution in [0.3, 0.4) is 0 Å². The number of hydrogen-bond donors (Lipinski definition) is 1. The summed E-state index contributed by atoms with van der Waals surface area (Å²) in [6, 6.07) is -0.169. The van der Waals surface area contributed by atoms with E-state index in [9.17, 15) is 9.59 Å². The van der Waals surface area contributed by atoms with E-state index in [0.717, 1.165) is 12.8 Å². The summed E-state index contributed by atoms with van der Waals surface area (Å²) in [5, 5.41) is 2.71. The third-order valence-electron chi connectivity index (χ3n) is 3.58. The summed E-state index contributed by atoms with van der Waals surface area (Å²) in [6.45, 7) is 8.74. The van der Waals surface area contributed by atoms with Crippen LogP contribution >= 0.6 is 0 Å². The lowest BCUT2D eigenvalue weighted by Crippen LogP contribution is -2.46. The van der Waals surface area contributed by atoms with Crippen molar-refractivity contribution in [2.45, 2.75) is 59.0 Å². The van der Waals surface area contributed by atoms with Gasteiger partial charge in [-0.2, -0.15) is 0 Å². The van der Waals surface area contributed by atoms with Crippen molar-refractivity contribution in [2.24, 2.45) is 5.92 Å². The van der Waals surface area contributed by atoms with Crippen LogP contribution in [0.15, 0.2) is 0 Å². The van der Waals surface area contributed by atoms with Gasteiger partial charge in [0.25, 0.3) is 0 Å². The first-order chi connectivity index (χ1) is 7.95. The molecule has 4 heteroatoms. The van der Waals surface area contributed by atoms with Crippen molar-refractivity contribution in [3.8, 4) is 0 Å². The first-order valence-corrected chi connectivity index (χ1v) is 6.55. The van der Waals surface area contributed by atoms with E-state index in [2.05, 4.69) is 26.1 Å². The van der Waals surface area contributed by atoms with Crippen LogP contribution in [0.2, 0.25) is 0 Å². The molecular formula is C13H24N2O2. The summed E-state index contributed by atoms with van der Waals surface area (Å²) in [4.78, 5) is 25.4. The largest absolute Gasteiger partial charge is 0.345 e. The lowest BCUT2D eigenvalue weighted by atomic mass is 9.99. The second kappa shape index (κ2) is 6.03. The van der Waals surface area contributed by atoms with E-state index in [4.69, 9.17) is 0 Å². The summed E-state index contributed by atoms with van der Waals surface area (Å²) >= 11 is 0. The van der Waals surface area contributed by atoms with Crippen LogP contribution in [0.4, 0.5) is 0 Å². The van der Waals surface area contributed by atoms with Crippen LogP contribution in [0.5, 0.6) is 0 Å². The van der Waals surface area contributed by atoms with E-state index < -0.39 is 0 Å². The maximum atomic E-state index is 12.1. The number of rotatable bonds is 4. The zero-order chi connectivity index (χ0) is 13.0. The predicted molar refractivity (Wildman–Crippen MR) is 67.5 cm³/mol. The van der Waals surface area contributed by atoms with Gasteiger partial charge in [-0.05, 0) is 26.2 Å². The van der Waals surface area contributed by atoms with Crippen molar-refractivity contribution in [2.75, 3.05) is 6.54 Å². The van der Waals surface area contributed by atoms with Gasteiger partial charge in [0, 0.05) is 19.0 Å². The van der Waals surface area contributed by atoms with Gasteiger partial charge in [0.1, 0.15) is 6.04 Å². The molecule has 1 saturated heterocycles. The van der Waals surface area contributed by atoms with Gasteiger partial charge >= 0.3 is 0 Å². The van der Waals surface area contributed by atoms with Gasteiger partial charge < -0.3 is 10.2 Å². The Balaban J connectivity index is 2.67. The average molecular weight is 240 g/mol. The molecule has 1 fully saturated rings. The molecule has 3 unspecified atom stereocenters. The molecule has 0 aromatic heterocycles. The summed E-state index contributed by atoms with van der Waals surface area (Å²) in [5.41, 5.74) is 0. The van der Waals surface area contributed by atoms with Crippen molar-refractivity contribution in [1.82, 2.24) is 10.2 Å². The number of hydrogen-bond acceptors (Lipinski definition) is 2. The topological polar surface area (TPSA) is 49.4 Å². The molecule has 0 radical (unpaired) electrons. The number of nitrogens with one attached hydrogen (secondary N) is 1. The van der Waals surface area contributed by atoms with E-state index in [1.807, 2.05) is 4.90 Å². The van der Waals surface area contributed by atoms with Crippen molar-refractivity contribution >= 4 is 11.8 Å². The standard InChI is InChI=1S/C13H24N2O2/c1-5-9(2)8-10(3)15-7-6-12(16)14-11(4)13(15)17/h9-11H,5-8H2,1-4H3,(H,14,16). The van der Waals surface area contributed by atoms with E-state index in [1.54, 1.807) is 6.92 Å². The summed E-state index contributed by atoms with van der Waals surface area (Å²) in [6.07, 6.45) is 2.54. The summed E-state index contributed by atoms with van der Waals surface area (Å²) in [5.74, 6) is 0.635. The molecule has 0 aromatic rings. The molecule has 1 N–H and O–H groups in total. The molecule has 0 saturated carbocycles. The average Bonchev–Trinajstić information content (AvgIpc) is 2.39. The Bertz CT molecular complexity index is 291. The van der Waals surface area contributed by atoms with Gasteiger partial charge in [0.05, 0.1) is 0 Å².